The fraction of sp³-hybridized carbons (Fsp3) is 0.300. The molecular formula is C20H21FN8O. The lowest BCUT2D eigenvalue weighted by atomic mass is 9.92. The summed E-state index contributed by atoms with van der Waals surface area (Å²) in [7, 11) is 0. The van der Waals surface area contributed by atoms with Crippen LogP contribution in [0.4, 0.5) is 21.7 Å². The van der Waals surface area contributed by atoms with Crippen LogP contribution in [0.2, 0.25) is 0 Å². The van der Waals surface area contributed by atoms with Gasteiger partial charge < -0.3 is 21.5 Å². The average molecular weight is 408 g/mol. The third-order valence-corrected chi connectivity index (χ3v) is 4.66. The fourth-order valence-corrected chi connectivity index (χ4v) is 3.20. The molecule has 10 heteroatoms. The molecule has 1 aliphatic heterocycles. The van der Waals surface area contributed by atoms with Gasteiger partial charge in [0.2, 0.25) is 5.96 Å². The Hall–Kier alpha value is -3.89. The summed E-state index contributed by atoms with van der Waals surface area (Å²) in [4.78, 5) is 8.72. The quantitative estimate of drug-likeness (QED) is 0.322. The van der Waals surface area contributed by atoms with Gasteiger partial charge in [0.15, 0.2) is 6.19 Å². The number of nitrogens with two attached hydrogens (primary N) is 2. The highest BCUT2D eigenvalue weighted by atomic mass is 19.1. The Bertz CT molecular complexity index is 1070. The van der Waals surface area contributed by atoms with Crippen LogP contribution in [0, 0.1) is 28.6 Å². The largest absolute Gasteiger partial charge is 0.397 e. The van der Waals surface area contributed by atoms with Gasteiger partial charge in [-0.05, 0) is 29.7 Å². The number of ether oxygens (including phenoxy) is 1. The third-order valence-electron chi connectivity index (χ3n) is 4.66. The third kappa shape index (κ3) is 4.09. The lowest BCUT2D eigenvalue weighted by Crippen LogP contribution is -2.33. The zero-order valence-corrected chi connectivity index (χ0v) is 16.4. The smallest absolute Gasteiger partial charge is 0.211 e. The first-order chi connectivity index (χ1) is 14.5. The van der Waals surface area contributed by atoms with Crippen molar-refractivity contribution in [2.75, 3.05) is 23.4 Å². The SMILES string of the molecule is CCCCOCc1cc(F)ccc1C1N=C(NC#N)Nc2nc(N)c(C#N)c(N)c21. The molecule has 0 saturated carbocycles. The van der Waals surface area contributed by atoms with Crippen LogP contribution in [-0.2, 0) is 11.3 Å². The maximum atomic E-state index is 14.0. The maximum Gasteiger partial charge on any atom is 0.211 e. The lowest BCUT2D eigenvalue weighted by Gasteiger charge is -2.27. The van der Waals surface area contributed by atoms with Crippen LogP contribution in [0.3, 0.4) is 0 Å². The second-order valence-corrected chi connectivity index (χ2v) is 6.65. The number of nitrogens with zero attached hydrogens (tertiary/aromatic N) is 4. The number of halogens is 1. The summed E-state index contributed by atoms with van der Waals surface area (Å²) in [6, 6.07) is 5.48. The number of fused-ring (bicyclic) bond motifs is 1. The molecule has 2 heterocycles. The summed E-state index contributed by atoms with van der Waals surface area (Å²) < 4.78 is 19.7. The fourth-order valence-electron chi connectivity index (χ4n) is 3.20. The average Bonchev–Trinajstić information content (AvgIpc) is 2.71. The van der Waals surface area contributed by atoms with Crippen LogP contribution in [0.25, 0.3) is 0 Å². The number of hydrogen-bond donors (Lipinski definition) is 4. The standard InChI is InChI=1S/C20H21FN8O/c1-2-3-6-30-9-11-7-12(21)4-5-13(11)17-15-16(24)14(8-22)18(25)28-19(15)29-20(27-17)26-10-23/h4-5,7,17H,2-3,6,9H2,1H3,(H6,24,25,26,27,28,29). The van der Waals surface area contributed by atoms with E-state index in [2.05, 4.69) is 27.5 Å². The Morgan fingerprint density at radius 3 is 2.83 bits per heavy atom. The molecule has 1 aliphatic rings. The molecule has 9 nitrogen and oxygen atoms in total. The van der Waals surface area contributed by atoms with Crippen molar-refractivity contribution in [2.24, 2.45) is 4.99 Å². The predicted octanol–water partition coefficient (Wildman–Crippen LogP) is 2.52. The van der Waals surface area contributed by atoms with E-state index in [9.17, 15) is 9.65 Å². The van der Waals surface area contributed by atoms with Gasteiger partial charge in [0.25, 0.3) is 0 Å². The predicted molar refractivity (Wildman–Crippen MR) is 110 cm³/mol. The summed E-state index contributed by atoms with van der Waals surface area (Å²) in [6.45, 7) is 2.77. The summed E-state index contributed by atoms with van der Waals surface area (Å²) in [5.74, 6) is -0.0555. The van der Waals surface area contributed by atoms with Crippen molar-refractivity contribution in [1.29, 1.82) is 10.5 Å². The summed E-state index contributed by atoms with van der Waals surface area (Å²) in [6.07, 6.45) is 3.66. The van der Waals surface area contributed by atoms with Gasteiger partial charge >= 0.3 is 0 Å². The number of hydrogen-bond acceptors (Lipinski definition) is 9. The minimum Gasteiger partial charge on any atom is -0.397 e. The van der Waals surface area contributed by atoms with E-state index >= 15 is 0 Å². The highest BCUT2D eigenvalue weighted by Gasteiger charge is 2.31. The molecule has 154 valence electrons. The van der Waals surface area contributed by atoms with E-state index in [0.29, 0.717) is 23.3 Å². The van der Waals surface area contributed by atoms with Crippen LogP contribution in [0.5, 0.6) is 0 Å². The number of nitrogen functional groups attached to an aromatic ring is 2. The van der Waals surface area contributed by atoms with Gasteiger partial charge in [-0.3, -0.25) is 5.32 Å². The molecule has 1 aromatic heterocycles. The van der Waals surface area contributed by atoms with Crippen molar-refractivity contribution in [3.8, 4) is 12.3 Å². The Morgan fingerprint density at radius 1 is 1.33 bits per heavy atom. The minimum absolute atomic E-state index is 0.0373. The first kappa shape index (κ1) is 20.8. The molecule has 0 radical (unpaired) electrons. The molecule has 2 aromatic rings. The van der Waals surface area contributed by atoms with E-state index in [1.54, 1.807) is 12.3 Å². The lowest BCUT2D eigenvalue weighted by molar-refractivity contribution is 0.117. The molecule has 3 rings (SSSR count). The molecular weight excluding hydrogens is 387 g/mol. The maximum absolute atomic E-state index is 14.0. The van der Waals surface area contributed by atoms with Crippen molar-refractivity contribution in [3.63, 3.8) is 0 Å². The molecule has 0 spiro atoms. The van der Waals surface area contributed by atoms with Crippen LogP contribution in [0.1, 0.15) is 48.1 Å². The minimum atomic E-state index is -0.748. The van der Waals surface area contributed by atoms with E-state index < -0.39 is 11.9 Å². The van der Waals surface area contributed by atoms with Crippen molar-refractivity contribution < 1.29 is 9.13 Å². The van der Waals surface area contributed by atoms with Crippen molar-refractivity contribution in [1.82, 2.24) is 10.3 Å². The number of aliphatic imine (C=N–C) groups is 1. The normalized spacial score (nSPS) is 14.7. The van der Waals surface area contributed by atoms with Crippen molar-refractivity contribution in [3.05, 3.63) is 46.3 Å². The number of benzene rings is 1. The number of unbranched alkanes of at least 4 members (excludes halogenated alkanes) is 1. The first-order valence-corrected chi connectivity index (χ1v) is 9.35. The molecule has 0 aliphatic carbocycles. The van der Waals surface area contributed by atoms with Gasteiger partial charge in [0, 0.05) is 12.2 Å². The van der Waals surface area contributed by atoms with E-state index in [0.717, 1.165) is 12.8 Å². The Morgan fingerprint density at radius 2 is 2.13 bits per heavy atom. The molecule has 0 amide bonds. The number of anilines is 3. The van der Waals surface area contributed by atoms with Crippen molar-refractivity contribution in [2.45, 2.75) is 32.4 Å². The molecule has 1 unspecified atom stereocenters. The number of aromatic nitrogens is 1. The van der Waals surface area contributed by atoms with Crippen LogP contribution in [0.15, 0.2) is 23.2 Å². The summed E-state index contributed by atoms with van der Waals surface area (Å²) in [5.41, 5.74) is 13.9. The van der Waals surface area contributed by atoms with E-state index in [4.69, 9.17) is 21.5 Å². The van der Waals surface area contributed by atoms with Gasteiger partial charge in [0.05, 0.1) is 12.3 Å². The monoisotopic (exact) mass is 408 g/mol. The van der Waals surface area contributed by atoms with Crippen LogP contribution in [-0.4, -0.2) is 17.6 Å². The van der Waals surface area contributed by atoms with Gasteiger partial charge in [-0.25, -0.2) is 14.4 Å². The topological polar surface area (TPSA) is 158 Å². The van der Waals surface area contributed by atoms with E-state index in [-0.39, 0.29) is 35.5 Å². The van der Waals surface area contributed by atoms with Crippen molar-refractivity contribution >= 4 is 23.3 Å². The van der Waals surface area contributed by atoms with E-state index in [1.165, 1.54) is 12.1 Å². The highest BCUT2D eigenvalue weighted by molar-refractivity contribution is 5.98. The molecule has 0 fully saturated rings. The molecule has 1 aromatic carbocycles. The molecule has 0 bridgehead atoms. The molecule has 0 saturated heterocycles. The Balaban J connectivity index is 2.13. The second-order valence-electron chi connectivity index (χ2n) is 6.65. The molecule has 1 atom stereocenters. The van der Waals surface area contributed by atoms with Crippen LogP contribution < -0.4 is 22.1 Å². The number of rotatable bonds is 6. The summed E-state index contributed by atoms with van der Waals surface area (Å²) in [5, 5.41) is 23.7. The number of nitriles is 2. The number of guanidine groups is 1. The Kier molecular flexibility index (Phi) is 6.30. The first-order valence-electron chi connectivity index (χ1n) is 9.35. The number of nitrogens with one attached hydrogen (secondary N) is 2. The molecule has 6 N–H and O–H groups in total. The van der Waals surface area contributed by atoms with E-state index in [1.807, 2.05) is 6.07 Å². The van der Waals surface area contributed by atoms with Gasteiger partial charge in [-0.2, -0.15) is 10.5 Å². The Labute approximate surface area is 173 Å². The second kappa shape index (κ2) is 9.07. The van der Waals surface area contributed by atoms with Gasteiger partial charge in [-0.15, -0.1) is 0 Å². The van der Waals surface area contributed by atoms with Gasteiger partial charge in [0.1, 0.15) is 35.1 Å². The molecule has 30 heavy (non-hydrogen) atoms. The zero-order chi connectivity index (χ0) is 21.7. The summed E-state index contributed by atoms with van der Waals surface area (Å²) >= 11 is 0. The van der Waals surface area contributed by atoms with Crippen LogP contribution >= 0.6 is 0 Å². The van der Waals surface area contributed by atoms with Gasteiger partial charge in [-0.1, -0.05) is 19.4 Å². The highest BCUT2D eigenvalue weighted by Crippen LogP contribution is 2.41. The number of pyridine rings is 1. The zero-order valence-electron chi connectivity index (χ0n) is 16.4.